The molecule has 0 saturated heterocycles. The summed E-state index contributed by atoms with van der Waals surface area (Å²) in [5.74, 6) is 0.0603. The molecule has 3 aromatic rings. The lowest BCUT2D eigenvalue weighted by Crippen LogP contribution is -1.98. The van der Waals surface area contributed by atoms with E-state index in [1.807, 2.05) is 6.07 Å². The predicted molar refractivity (Wildman–Crippen MR) is 72.9 cm³/mol. The molecule has 0 atom stereocenters. The van der Waals surface area contributed by atoms with E-state index in [-0.39, 0.29) is 5.75 Å². The molecule has 4 nitrogen and oxygen atoms in total. The van der Waals surface area contributed by atoms with Gasteiger partial charge in [0.1, 0.15) is 22.9 Å². The lowest BCUT2D eigenvalue weighted by Gasteiger charge is -2.08. The summed E-state index contributed by atoms with van der Waals surface area (Å²) >= 11 is 0. The van der Waals surface area contributed by atoms with Crippen molar-refractivity contribution in [3.8, 4) is 17.1 Å². The highest BCUT2D eigenvalue weighted by Gasteiger charge is 2.29. The maximum Gasteiger partial charge on any atom is 0.144 e. The van der Waals surface area contributed by atoms with Gasteiger partial charge in [-0.15, -0.1) is 0 Å². The molecule has 0 unspecified atom stereocenters. The van der Waals surface area contributed by atoms with Crippen molar-refractivity contribution in [3.05, 3.63) is 42.5 Å². The van der Waals surface area contributed by atoms with Gasteiger partial charge in [0.15, 0.2) is 0 Å². The van der Waals surface area contributed by atoms with Crippen LogP contribution >= 0.6 is 0 Å². The van der Waals surface area contributed by atoms with Gasteiger partial charge in [-0.1, -0.05) is 0 Å². The maximum absolute atomic E-state index is 14.1. The van der Waals surface area contributed by atoms with Gasteiger partial charge in [0.05, 0.1) is 17.3 Å². The zero-order valence-corrected chi connectivity index (χ0v) is 10.6. The number of benzene rings is 1. The molecule has 1 aliphatic rings. The van der Waals surface area contributed by atoms with E-state index >= 15 is 0 Å². The second-order valence-corrected chi connectivity index (χ2v) is 5.07. The summed E-state index contributed by atoms with van der Waals surface area (Å²) in [5, 5.41) is 9.34. The van der Waals surface area contributed by atoms with Crippen LogP contribution in [-0.2, 0) is 0 Å². The van der Waals surface area contributed by atoms with Crippen molar-refractivity contribution in [2.75, 3.05) is 0 Å². The van der Waals surface area contributed by atoms with Crippen LogP contribution in [0.15, 0.2) is 36.7 Å². The number of hydrogen-bond acceptors (Lipinski definition) is 3. The van der Waals surface area contributed by atoms with Gasteiger partial charge in [0, 0.05) is 18.3 Å². The summed E-state index contributed by atoms with van der Waals surface area (Å²) in [6.07, 6.45) is 5.58. The molecule has 1 fully saturated rings. The minimum absolute atomic E-state index is 0.0815. The average Bonchev–Trinajstić information content (AvgIpc) is 3.19. The Hall–Kier alpha value is -2.43. The van der Waals surface area contributed by atoms with Crippen molar-refractivity contribution in [2.45, 2.75) is 18.9 Å². The van der Waals surface area contributed by atoms with Gasteiger partial charge in [-0.3, -0.25) is 4.98 Å². The van der Waals surface area contributed by atoms with Gasteiger partial charge in [0.25, 0.3) is 0 Å². The molecule has 20 heavy (non-hydrogen) atoms. The van der Waals surface area contributed by atoms with Crippen LogP contribution in [0.1, 0.15) is 18.9 Å². The Morgan fingerprint density at radius 3 is 2.85 bits per heavy atom. The van der Waals surface area contributed by atoms with Crippen molar-refractivity contribution >= 4 is 11.0 Å². The fraction of sp³-hybridized carbons (Fsp3) is 0.200. The van der Waals surface area contributed by atoms with E-state index in [1.165, 1.54) is 6.07 Å². The standard InChI is InChI=1S/C15H12FN3O/c16-12-7-10(20)3-4-11(12)15-18-13-8-17-6-5-14(13)19(15)9-1-2-9/h3-9,20H,1-2H2. The Kier molecular flexibility index (Phi) is 2.30. The van der Waals surface area contributed by atoms with E-state index in [0.29, 0.717) is 17.4 Å². The molecule has 0 aliphatic heterocycles. The van der Waals surface area contributed by atoms with Crippen LogP contribution < -0.4 is 0 Å². The number of rotatable bonds is 2. The van der Waals surface area contributed by atoms with Crippen molar-refractivity contribution in [1.29, 1.82) is 0 Å². The highest BCUT2D eigenvalue weighted by atomic mass is 19.1. The molecule has 0 bridgehead atoms. The summed E-state index contributed by atoms with van der Waals surface area (Å²) in [7, 11) is 0. The average molecular weight is 269 g/mol. The smallest absolute Gasteiger partial charge is 0.144 e. The first-order valence-electron chi connectivity index (χ1n) is 6.55. The first-order valence-corrected chi connectivity index (χ1v) is 6.55. The summed E-state index contributed by atoms with van der Waals surface area (Å²) < 4.78 is 16.2. The zero-order valence-electron chi connectivity index (χ0n) is 10.6. The molecular formula is C15H12FN3O. The monoisotopic (exact) mass is 269 g/mol. The first-order chi connectivity index (χ1) is 9.74. The molecular weight excluding hydrogens is 257 g/mol. The summed E-state index contributed by atoms with van der Waals surface area (Å²) in [5.41, 5.74) is 2.15. The summed E-state index contributed by atoms with van der Waals surface area (Å²) in [6.45, 7) is 0. The molecule has 0 radical (unpaired) electrons. The summed E-state index contributed by atoms with van der Waals surface area (Å²) in [6, 6.07) is 6.45. The Balaban J connectivity index is 2.01. The maximum atomic E-state index is 14.1. The van der Waals surface area contributed by atoms with Crippen LogP contribution in [0.5, 0.6) is 5.75 Å². The molecule has 4 rings (SSSR count). The van der Waals surface area contributed by atoms with Crippen LogP contribution in [0.4, 0.5) is 4.39 Å². The quantitative estimate of drug-likeness (QED) is 0.776. The number of phenolic OH excluding ortho intramolecular Hbond substituents is 1. The molecule has 1 N–H and O–H groups in total. The van der Waals surface area contributed by atoms with Crippen molar-refractivity contribution in [1.82, 2.24) is 14.5 Å². The number of hydrogen-bond donors (Lipinski definition) is 1. The molecule has 0 amide bonds. The minimum atomic E-state index is -0.463. The molecule has 2 aromatic heterocycles. The van der Waals surface area contributed by atoms with Crippen LogP contribution in [0.25, 0.3) is 22.4 Å². The Bertz CT molecular complexity index is 808. The normalized spacial score (nSPS) is 14.8. The molecule has 1 saturated carbocycles. The van der Waals surface area contributed by atoms with E-state index in [1.54, 1.807) is 18.5 Å². The first kappa shape index (κ1) is 11.4. The number of aromatic hydroxyl groups is 1. The summed E-state index contributed by atoms with van der Waals surface area (Å²) in [4.78, 5) is 8.58. The number of phenols is 1. The van der Waals surface area contributed by atoms with Crippen molar-refractivity contribution < 1.29 is 9.50 Å². The van der Waals surface area contributed by atoms with Crippen molar-refractivity contribution in [3.63, 3.8) is 0 Å². The number of aromatic nitrogens is 3. The van der Waals surface area contributed by atoms with Gasteiger partial charge in [0.2, 0.25) is 0 Å². The van der Waals surface area contributed by atoms with Gasteiger partial charge >= 0.3 is 0 Å². The predicted octanol–water partition coefficient (Wildman–Crippen LogP) is 3.28. The number of pyridine rings is 1. The van der Waals surface area contributed by atoms with Crippen LogP contribution in [-0.4, -0.2) is 19.6 Å². The largest absolute Gasteiger partial charge is 0.508 e. The van der Waals surface area contributed by atoms with Gasteiger partial charge in [-0.05, 0) is 31.0 Å². The van der Waals surface area contributed by atoms with Gasteiger partial charge < -0.3 is 9.67 Å². The lowest BCUT2D eigenvalue weighted by molar-refractivity contribution is 0.469. The molecule has 5 heteroatoms. The Morgan fingerprint density at radius 1 is 1.25 bits per heavy atom. The molecule has 0 spiro atoms. The number of imidazole rings is 1. The van der Waals surface area contributed by atoms with E-state index < -0.39 is 5.82 Å². The third kappa shape index (κ3) is 1.66. The number of fused-ring (bicyclic) bond motifs is 1. The van der Waals surface area contributed by atoms with E-state index in [0.717, 1.165) is 29.9 Å². The fourth-order valence-electron chi connectivity index (χ4n) is 2.53. The molecule has 1 aromatic carbocycles. The van der Waals surface area contributed by atoms with E-state index in [4.69, 9.17) is 0 Å². The van der Waals surface area contributed by atoms with E-state index in [2.05, 4.69) is 14.5 Å². The zero-order chi connectivity index (χ0) is 13.7. The van der Waals surface area contributed by atoms with Crippen LogP contribution in [0.2, 0.25) is 0 Å². The van der Waals surface area contributed by atoms with Crippen LogP contribution in [0, 0.1) is 5.82 Å². The second kappa shape index (κ2) is 4.03. The third-order valence-electron chi connectivity index (χ3n) is 3.60. The Morgan fingerprint density at radius 2 is 2.10 bits per heavy atom. The highest BCUT2D eigenvalue weighted by Crippen LogP contribution is 2.41. The van der Waals surface area contributed by atoms with Crippen LogP contribution in [0.3, 0.4) is 0 Å². The number of nitrogens with zero attached hydrogens (tertiary/aromatic N) is 3. The van der Waals surface area contributed by atoms with Gasteiger partial charge in [-0.2, -0.15) is 0 Å². The minimum Gasteiger partial charge on any atom is -0.508 e. The SMILES string of the molecule is Oc1ccc(-c2nc3cnccc3n2C2CC2)c(F)c1. The second-order valence-electron chi connectivity index (χ2n) is 5.07. The highest BCUT2D eigenvalue weighted by molar-refractivity contribution is 5.80. The van der Waals surface area contributed by atoms with Gasteiger partial charge in [-0.25, -0.2) is 9.37 Å². The topological polar surface area (TPSA) is 50.9 Å². The third-order valence-corrected chi connectivity index (χ3v) is 3.60. The Labute approximate surface area is 114 Å². The van der Waals surface area contributed by atoms with Crippen molar-refractivity contribution in [2.24, 2.45) is 0 Å². The lowest BCUT2D eigenvalue weighted by atomic mass is 10.2. The van der Waals surface area contributed by atoms with E-state index in [9.17, 15) is 9.50 Å². The molecule has 2 heterocycles. The molecule has 1 aliphatic carbocycles. The molecule has 100 valence electrons. The fourth-order valence-corrected chi connectivity index (χ4v) is 2.53. The number of halogens is 1.